The third-order valence-electron chi connectivity index (χ3n) is 10.5. The predicted octanol–water partition coefficient (Wildman–Crippen LogP) is 12.6. The van der Waals surface area contributed by atoms with Gasteiger partial charge >= 0.3 is 0 Å². The molecule has 0 saturated carbocycles. The number of fused-ring (bicyclic) bond motifs is 10. The number of hydrogen-bond donors (Lipinski definition) is 0. The number of benzene rings is 7. The molecule has 6 nitrogen and oxygen atoms in total. The molecule has 11 aromatic rings. The molecule has 0 fully saturated rings. The lowest BCUT2D eigenvalue weighted by molar-refractivity contribution is 0.669. The van der Waals surface area contributed by atoms with Gasteiger partial charge in [0.2, 0.25) is 0 Å². The van der Waals surface area contributed by atoms with Gasteiger partial charge in [-0.15, -0.1) is 11.3 Å². The molecule has 0 aliphatic rings. The number of aromatic nitrogens is 3. The van der Waals surface area contributed by atoms with Crippen molar-refractivity contribution < 1.29 is 4.42 Å². The van der Waals surface area contributed by atoms with E-state index in [0.29, 0.717) is 33.9 Å². The Kier molecular flexibility index (Phi) is 6.75. The second-order valence-electron chi connectivity index (χ2n) is 13.5. The quantitative estimate of drug-likeness (QED) is 0.181. The van der Waals surface area contributed by atoms with Crippen molar-refractivity contribution in [1.29, 1.82) is 10.5 Å². The van der Waals surface area contributed by atoms with Crippen molar-refractivity contribution in [3.8, 4) is 51.7 Å². The molecular formula is C48H25N5OS. The van der Waals surface area contributed by atoms with E-state index in [9.17, 15) is 10.5 Å². The minimum absolute atomic E-state index is 0.338. The second-order valence-corrected chi connectivity index (χ2v) is 14.6. The topological polar surface area (TPSA) is 91.4 Å². The fraction of sp³-hybridized carbons (Fsp3) is 0. The highest BCUT2D eigenvalue weighted by Gasteiger charge is 2.23. The lowest BCUT2D eigenvalue weighted by atomic mass is 9.98. The fourth-order valence-electron chi connectivity index (χ4n) is 8.06. The molecule has 11 rings (SSSR count). The Morgan fingerprint density at radius 3 is 2.07 bits per heavy atom. The Hall–Kier alpha value is -7.58. The molecule has 0 aliphatic heterocycles. The van der Waals surface area contributed by atoms with Gasteiger partial charge in [-0.2, -0.15) is 10.5 Å². The number of nitrogens with zero attached hydrogens (tertiary/aromatic N) is 5. The first-order valence-electron chi connectivity index (χ1n) is 17.9. The highest BCUT2D eigenvalue weighted by Crippen LogP contribution is 2.44. The van der Waals surface area contributed by atoms with Crippen LogP contribution in [-0.2, 0) is 0 Å². The summed E-state index contributed by atoms with van der Waals surface area (Å²) >= 11 is 1.78. The van der Waals surface area contributed by atoms with Crippen LogP contribution >= 0.6 is 11.3 Å². The van der Waals surface area contributed by atoms with Crippen LogP contribution in [0.5, 0.6) is 0 Å². The molecule has 0 bridgehead atoms. The molecule has 7 aromatic carbocycles. The zero-order valence-corrected chi connectivity index (χ0v) is 29.8. The number of para-hydroxylation sites is 2. The van der Waals surface area contributed by atoms with E-state index in [1.54, 1.807) is 11.3 Å². The predicted molar refractivity (Wildman–Crippen MR) is 222 cm³/mol. The third kappa shape index (κ3) is 4.65. The summed E-state index contributed by atoms with van der Waals surface area (Å²) in [6.45, 7) is 0. The first kappa shape index (κ1) is 31.0. The van der Waals surface area contributed by atoms with Crippen LogP contribution in [0.4, 0.5) is 0 Å². The van der Waals surface area contributed by atoms with E-state index >= 15 is 0 Å². The van der Waals surface area contributed by atoms with Crippen molar-refractivity contribution in [2.75, 3.05) is 0 Å². The van der Waals surface area contributed by atoms with Crippen molar-refractivity contribution >= 4 is 75.3 Å². The molecule has 4 heterocycles. The summed E-state index contributed by atoms with van der Waals surface area (Å²) in [7, 11) is 0. The van der Waals surface area contributed by atoms with Crippen LogP contribution in [0.3, 0.4) is 0 Å². The van der Waals surface area contributed by atoms with Gasteiger partial charge in [-0.05, 0) is 54.6 Å². The maximum absolute atomic E-state index is 10.9. The van der Waals surface area contributed by atoms with Gasteiger partial charge in [0.05, 0.1) is 33.7 Å². The Balaban J connectivity index is 1.16. The van der Waals surface area contributed by atoms with Crippen LogP contribution in [0.1, 0.15) is 11.1 Å². The molecule has 4 aromatic heterocycles. The summed E-state index contributed by atoms with van der Waals surface area (Å²) in [5.74, 6) is 0.469. The molecule has 0 unspecified atom stereocenters. The van der Waals surface area contributed by atoms with Gasteiger partial charge in [-0.25, -0.2) is 9.97 Å². The number of nitriles is 2. The maximum atomic E-state index is 10.9. The molecule has 0 aliphatic carbocycles. The van der Waals surface area contributed by atoms with E-state index in [1.165, 1.54) is 20.2 Å². The number of thiophene rings is 1. The smallest absolute Gasteiger partial charge is 0.160 e. The Bertz CT molecular complexity index is 3470. The number of hydrogen-bond acceptors (Lipinski definition) is 6. The standard InChI is InChI=1S/C48H25N5OS/c49-26-31-24-29(18-21-38(31)53-39-15-7-4-12-32(39)34-20-23-43-44(47(34)53)35-14-6-9-17-42(35)55-43)46-37(27-50)45(28-10-2-1-3-11-28)51-48(52-46)30-19-22-41-36(25-30)33-13-5-8-16-40(33)54-41/h1-25H. The molecule has 55 heavy (non-hydrogen) atoms. The fourth-order valence-corrected chi connectivity index (χ4v) is 9.17. The lowest BCUT2D eigenvalue weighted by Gasteiger charge is -2.15. The van der Waals surface area contributed by atoms with E-state index in [1.807, 2.05) is 97.1 Å². The van der Waals surface area contributed by atoms with Crippen molar-refractivity contribution in [2.45, 2.75) is 0 Å². The first-order chi connectivity index (χ1) is 27.2. The van der Waals surface area contributed by atoms with Crippen LogP contribution < -0.4 is 0 Å². The van der Waals surface area contributed by atoms with Crippen LogP contribution in [0, 0.1) is 22.7 Å². The van der Waals surface area contributed by atoms with E-state index < -0.39 is 0 Å². The highest BCUT2D eigenvalue weighted by atomic mass is 32.1. The molecule has 0 spiro atoms. The summed E-state index contributed by atoms with van der Waals surface area (Å²) in [5.41, 5.74) is 8.44. The van der Waals surface area contributed by atoms with Gasteiger partial charge in [-0.1, -0.05) is 97.1 Å². The van der Waals surface area contributed by atoms with E-state index in [4.69, 9.17) is 14.4 Å². The first-order valence-corrected chi connectivity index (χ1v) is 18.7. The molecule has 0 radical (unpaired) electrons. The maximum Gasteiger partial charge on any atom is 0.160 e. The van der Waals surface area contributed by atoms with Gasteiger partial charge in [0.25, 0.3) is 0 Å². The Morgan fingerprint density at radius 2 is 1.24 bits per heavy atom. The zero-order chi connectivity index (χ0) is 36.6. The average Bonchev–Trinajstić information content (AvgIpc) is 3.92. The van der Waals surface area contributed by atoms with Crippen molar-refractivity contribution in [3.63, 3.8) is 0 Å². The summed E-state index contributed by atoms with van der Waals surface area (Å²) in [6.07, 6.45) is 0. The van der Waals surface area contributed by atoms with Crippen LogP contribution in [0.15, 0.2) is 156 Å². The average molecular weight is 720 g/mol. The van der Waals surface area contributed by atoms with Crippen LogP contribution in [0.2, 0.25) is 0 Å². The SMILES string of the molecule is N#Cc1cc(-c2nc(-c3ccc4oc5ccccc5c4c3)nc(-c3ccccc3)c2C#N)ccc1-n1c2ccccc2c2ccc3sc4ccccc4c3c21. The van der Waals surface area contributed by atoms with Gasteiger partial charge in [-0.3, -0.25) is 0 Å². The summed E-state index contributed by atoms with van der Waals surface area (Å²) in [5, 5.41) is 28.2. The monoisotopic (exact) mass is 719 g/mol. The largest absolute Gasteiger partial charge is 0.456 e. The summed E-state index contributed by atoms with van der Waals surface area (Å²) in [4.78, 5) is 10.1. The minimum Gasteiger partial charge on any atom is -0.456 e. The minimum atomic E-state index is 0.338. The van der Waals surface area contributed by atoms with Gasteiger partial charge in [0.1, 0.15) is 28.9 Å². The van der Waals surface area contributed by atoms with Gasteiger partial charge in [0.15, 0.2) is 5.82 Å². The van der Waals surface area contributed by atoms with E-state index in [2.05, 4.69) is 71.3 Å². The van der Waals surface area contributed by atoms with Gasteiger partial charge < -0.3 is 8.98 Å². The normalized spacial score (nSPS) is 11.6. The van der Waals surface area contributed by atoms with Crippen molar-refractivity contribution in [2.24, 2.45) is 0 Å². The Morgan fingerprint density at radius 1 is 0.527 bits per heavy atom. The zero-order valence-electron chi connectivity index (χ0n) is 29.0. The third-order valence-corrected chi connectivity index (χ3v) is 11.6. The van der Waals surface area contributed by atoms with Crippen molar-refractivity contribution in [3.05, 3.63) is 163 Å². The number of rotatable bonds is 4. The van der Waals surface area contributed by atoms with Gasteiger partial charge in [0, 0.05) is 58.4 Å². The molecule has 254 valence electrons. The van der Waals surface area contributed by atoms with Crippen LogP contribution in [-0.4, -0.2) is 14.5 Å². The lowest BCUT2D eigenvalue weighted by Crippen LogP contribution is -2.02. The number of furan rings is 1. The molecular weight excluding hydrogens is 695 g/mol. The second kappa shape index (κ2) is 12.0. The molecule has 0 N–H and O–H groups in total. The van der Waals surface area contributed by atoms with E-state index in [0.717, 1.165) is 60.6 Å². The molecule has 7 heteroatoms. The van der Waals surface area contributed by atoms with Crippen molar-refractivity contribution in [1.82, 2.24) is 14.5 Å². The summed E-state index contributed by atoms with van der Waals surface area (Å²) in [6, 6.07) is 55.6. The highest BCUT2D eigenvalue weighted by molar-refractivity contribution is 7.26. The van der Waals surface area contributed by atoms with Crippen LogP contribution in [0.25, 0.3) is 104 Å². The van der Waals surface area contributed by atoms with E-state index in [-0.39, 0.29) is 0 Å². The molecule has 0 atom stereocenters. The Labute approximate surface area is 318 Å². The molecule has 0 saturated heterocycles. The molecule has 0 amide bonds. The summed E-state index contributed by atoms with van der Waals surface area (Å²) < 4.78 is 10.7.